The zero-order valence-electron chi connectivity index (χ0n) is 12.0. The lowest BCUT2D eigenvalue weighted by Gasteiger charge is -2.04. The van der Waals surface area contributed by atoms with Gasteiger partial charge in [-0.2, -0.15) is 5.10 Å². The molecule has 2 aromatic heterocycles. The smallest absolute Gasteiger partial charge is 0.0953 e. The molecule has 19 heavy (non-hydrogen) atoms. The van der Waals surface area contributed by atoms with Gasteiger partial charge in [-0.1, -0.05) is 6.92 Å². The van der Waals surface area contributed by atoms with E-state index in [1.54, 1.807) is 0 Å². The molecule has 5 nitrogen and oxygen atoms in total. The molecule has 1 N–H and O–H groups in total. The average Bonchev–Trinajstić information content (AvgIpc) is 3.00. The fourth-order valence-electron chi connectivity index (χ4n) is 1.91. The van der Waals surface area contributed by atoms with Crippen LogP contribution in [-0.2, 0) is 13.1 Å². The Balaban J connectivity index is 1.91. The van der Waals surface area contributed by atoms with Gasteiger partial charge in [0.2, 0.25) is 0 Å². The van der Waals surface area contributed by atoms with Crippen LogP contribution in [0.2, 0.25) is 0 Å². The molecule has 0 aliphatic rings. The Morgan fingerprint density at radius 3 is 2.84 bits per heavy atom. The summed E-state index contributed by atoms with van der Waals surface area (Å²) < 4.78 is 4.06. The summed E-state index contributed by atoms with van der Waals surface area (Å²) in [7, 11) is 0. The van der Waals surface area contributed by atoms with Gasteiger partial charge in [0.1, 0.15) is 0 Å². The highest BCUT2D eigenvalue weighted by atomic mass is 15.3. The van der Waals surface area contributed by atoms with E-state index < -0.39 is 0 Å². The van der Waals surface area contributed by atoms with Gasteiger partial charge < -0.3 is 9.88 Å². The maximum atomic E-state index is 4.54. The first-order valence-electron chi connectivity index (χ1n) is 6.94. The van der Waals surface area contributed by atoms with Crippen molar-refractivity contribution in [2.75, 3.05) is 6.54 Å². The van der Waals surface area contributed by atoms with E-state index in [4.69, 9.17) is 0 Å². The summed E-state index contributed by atoms with van der Waals surface area (Å²) in [5, 5.41) is 7.89. The van der Waals surface area contributed by atoms with E-state index in [1.165, 1.54) is 0 Å². The topological polar surface area (TPSA) is 47.7 Å². The minimum Gasteiger partial charge on any atom is -0.331 e. The molecule has 104 valence electrons. The Morgan fingerprint density at radius 1 is 1.32 bits per heavy atom. The SMILES string of the molecule is CCCNCc1cn(Cc2ccn(C(C)C)n2)cn1. The number of rotatable bonds is 7. The van der Waals surface area contributed by atoms with Crippen LogP contribution in [0.1, 0.15) is 44.6 Å². The number of nitrogens with one attached hydrogen (secondary N) is 1. The molecule has 0 aliphatic heterocycles. The maximum Gasteiger partial charge on any atom is 0.0953 e. The monoisotopic (exact) mass is 261 g/mol. The van der Waals surface area contributed by atoms with Gasteiger partial charge in [0.15, 0.2) is 0 Å². The first-order valence-corrected chi connectivity index (χ1v) is 6.94. The summed E-state index contributed by atoms with van der Waals surface area (Å²) in [6.45, 7) is 9.07. The van der Waals surface area contributed by atoms with E-state index in [2.05, 4.69) is 53.0 Å². The van der Waals surface area contributed by atoms with Crippen LogP contribution in [0.3, 0.4) is 0 Å². The second-order valence-electron chi connectivity index (χ2n) is 5.09. The second kappa shape index (κ2) is 6.52. The molecule has 2 rings (SSSR count). The van der Waals surface area contributed by atoms with Crippen molar-refractivity contribution >= 4 is 0 Å². The van der Waals surface area contributed by atoms with Crippen LogP contribution >= 0.6 is 0 Å². The molecule has 0 saturated carbocycles. The molecule has 5 heteroatoms. The first-order chi connectivity index (χ1) is 9.19. The standard InChI is InChI=1S/C14H23N5/c1-4-6-15-8-14-10-18(11-16-14)9-13-5-7-19(17-13)12(2)3/h5,7,10-12,15H,4,6,8-9H2,1-3H3. The van der Waals surface area contributed by atoms with Gasteiger partial charge >= 0.3 is 0 Å². The third-order valence-corrected chi connectivity index (χ3v) is 2.96. The zero-order chi connectivity index (χ0) is 13.7. The van der Waals surface area contributed by atoms with Crippen LogP contribution in [0.15, 0.2) is 24.8 Å². The predicted molar refractivity (Wildman–Crippen MR) is 75.9 cm³/mol. The minimum absolute atomic E-state index is 0.408. The van der Waals surface area contributed by atoms with Crippen molar-refractivity contribution in [1.82, 2.24) is 24.6 Å². The van der Waals surface area contributed by atoms with Crippen molar-refractivity contribution in [3.05, 3.63) is 36.2 Å². The van der Waals surface area contributed by atoms with Crippen LogP contribution in [0.25, 0.3) is 0 Å². The molecule has 0 bridgehead atoms. The van der Waals surface area contributed by atoms with E-state index >= 15 is 0 Å². The molecule has 0 aliphatic carbocycles. The van der Waals surface area contributed by atoms with E-state index in [1.807, 2.05) is 17.2 Å². The highest BCUT2D eigenvalue weighted by Crippen LogP contribution is 2.06. The molecular weight excluding hydrogens is 238 g/mol. The Bertz CT molecular complexity index is 497. The molecule has 0 radical (unpaired) electrons. The van der Waals surface area contributed by atoms with Crippen LogP contribution in [0, 0.1) is 0 Å². The van der Waals surface area contributed by atoms with Crippen molar-refractivity contribution in [2.24, 2.45) is 0 Å². The molecule has 0 aromatic carbocycles. The molecule has 0 fully saturated rings. The molecule has 0 unspecified atom stereocenters. The number of imidazole rings is 1. The third kappa shape index (κ3) is 3.92. The summed E-state index contributed by atoms with van der Waals surface area (Å²) in [6, 6.07) is 2.47. The molecular formula is C14H23N5. The summed E-state index contributed by atoms with van der Waals surface area (Å²) in [5.74, 6) is 0. The van der Waals surface area contributed by atoms with E-state index in [0.29, 0.717) is 6.04 Å². The summed E-state index contributed by atoms with van der Waals surface area (Å²) in [4.78, 5) is 4.39. The molecule has 2 heterocycles. The van der Waals surface area contributed by atoms with E-state index in [0.717, 1.165) is 37.4 Å². The van der Waals surface area contributed by atoms with E-state index in [-0.39, 0.29) is 0 Å². The zero-order valence-corrected chi connectivity index (χ0v) is 12.0. The molecule has 0 saturated heterocycles. The van der Waals surface area contributed by atoms with Gasteiger partial charge in [-0.15, -0.1) is 0 Å². The molecule has 2 aromatic rings. The summed E-state index contributed by atoms with van der Waals surface area (Å²) in [5.41, 5.74) is 2.15. The largest absolute Gasteiger partial charge is 0.331 e. The second-order valence-corrected chi connectivity index (χ2v) is 5.09. The van der Waals surface area contributed by atoms with Crippen LogP contribution < -0.4 is 5.32 Å². The highest BCUT2D eigenvalue weighted by molar-refractivity contribution is 5.03. The summed E-state index contributed by atoms with van der Waals surface area (Å²) in [6.07, 6.45) is 7.13. The number of hydrogen-bond acceptors (Lipinski definition) is 3. The van der Waals surface area contributed by atoms with Gasteiger partial charge in [0, 0.05) is 25.0 Å². The normalized spacial score (nSPS) is 11.4. The highest BCUT2D eigenvalue weighted by Gasteiger charge is 2.04. The van der Waals surface area contributed by atoms with Gasteiger partial charge in [-0.25, -0.2) is 4.98 Å². The predicted octanol–water partition coefficient (Wildman–Crippen LogP) is 2.21. The van der Waals surface area contributed by atoms with Gasteiger partial charge in [-0.3, -0.25) is 4.68 Å². The van der Waals surface area contributed by atoms with Crippen LogP contribution in [0.4, 0.5) is 0 Å². The summed E-state index contributed by atoms with van der Waals surface area (Å²) >= 11 is 0. The molecule has 0 amide bonds. The number of hydrogen-bond donors (Lipinski definition) is 1. The Labute approximate surface area is 114 Å². The quantitative estimate of drug-likeness (QED) is 0.777. The lowest BCUT2D eigenvalue weighted by atomic mass is 10.4. The van der Waals surface area contributed by atoms with Gasteiger partial charge in [0.05, 0.1) is 24.3 Å². The molecule has 0 atom stereocenters. The lowest BCUT2D eigenvalue weighted by Crippen LogP contribution is -2.13. The average molecular weight is 261 g/mol. The van der Waals surface area contributed by atoms with Gasteiger partial charge in [0.25, 0.3) is 0 Å². The fourth-order valence-corrected chi connectivity index (χ4v) is 1.91. The first kappa shape index (κ1) is 13.8. The van der Waals surface area contributed by atoms with Crippen molar-refractivity contribution in [3.8, 4) is 0 Å². The Morgan fingerprint density at radius 2 is 2.16 bits per heavy atom. The molecule has 0 spiro atoms. The van der Waals surface area contributed by atoms with Crippen LogP contribution in [0.5, 0.6) is 0 Å². The number of aromatic nitrogens is 4. The van der Waals surface area contributed by atoms with Crippen molar-refractivity contribution in [2.45, 2.75) is 46.3 Å². The number of nitrogens with zero attached hydrogens (tertiary/aromatic N) is 4. The lowest BCUT2D eigenvalue weighted by molar-refractivity contribution is 0.523. The Hall–Kier alpha value is -1.62. The van der Waals surface area contributed by atoms with Gasteiger partial charge in [-0.05, 0) is 32.9 Å². The maximum absolute atomic E-state index is 4.54. The van der Waals surface area contributed by atoms with Crippen molar-refractivity contribution in [1.29, 1.82) is 0 Å². The third-order valence-electron chi connectivity index (χ3n) is 2.96. The fraction of sp³-hybridized carbons (Fsp3) is 0.571. The van der Waals surface area contributed by atoms with Crippen LogP contribution in [-0.4, -0.2) is 25.9 Å². The van der Waals surface area contributed by atoms with E-state index in [9.17, 15) is 0 Å². The minimum atomic E-state index is 0.408. The van der Waals surface area contributed by atoms with Crippen molar-refractivity contribution < 1.29 is 0 Å². The Kier molecular flexibility index (Phi) is 4.74. The van der Waals surface area contributed by atoms with Crippen molar-refractivity contribution in [3.63, 3.8) is 0 Å².